The second-order valence-corrected chi connectivity index (χ2v) is 5.40. The first-order chi connectivity index (χ1) is 11.7. The van der Waals surface area contributed by atoms with Crippen LogP contribution in [0.25, 0.3) is 0 Å². The van der Waals surface area contributed by atoms with Gasteiger partial charge >= 0.3 is 6.03 Å². The summed E-state index contributed by atoms with van der Waals surface area (Å²) in [7, 11) is 1.49. The summed E-state index contributed by atoms with van der Waals surface area (Å²) < 4.78 is 5.11. The van der Waals surface area contributed by atoms with Crippen LogP contribution in [-0.2, 0) is 4.79 Å². The number of carbonyl (C=O) groups excluding carboxylic acids is 2. The molecule has 1 aliphatic rings. The van der Waals surface area contributed by atoms with Gasteiger partial charge in [-0.25, -0.2) is 9.78 Å². The van der Waals surface area contributed by atoms with Gasteiger partial charge in [0.2, 0.25) is 11.8 Å². The third-order valence-corrected chi connectivity index (χ3v) is 3.82. The number of hydrogen-bond donors (Lipinski definition) is 3. The molecule has 0 aromatic carbocycles. The summed E-state index contributed by atoms with van der Waals surface area (Å²) in [6.07, 6.45) is 5.33. The van der Waals surface area contributed by atoms with Crippen molar-refractivity contribution in [3.63, 3.8) is 0 Å². The van der Waals surface area contributed by atoms with Gasteiger partial charge < -0.3 is 20.3 Å². The van der Waals surface area contributed by atoms with Gasteiger partial charge in [-0.1, -0.05) is 0 Å². The maximum atomic E-state index is 12.4. The Morgan fingerprint density at radius 3 is 3.04 bits per heavy atom. The molecular formula is C15H18N6O3. The fraction of sp³-hybridized carbons (Fsp3) is 0.333. The summed E-state index contributed by atoms with van der Waals surface area (Å²) >= 11 is 0. The Balaban J connectivity index is 1.57. The van der Waals surface area contributed by atoms with Gasteiger partial charge in [0.15, 0.2) is 0 Å². The summed E-state index contributed by atoms with van der Waals surface area (Å²) in [6, 6.07) is 3.14. The van der Waals surface area contributed by atoms with Crippen LogP contribution in [0.15, 0.2) is 30.7 Å². The smallest absolute Gasteiger partial charge is 0.322 e. The van der Waals surface area contributed by atoms with Crippen molar-refractivity contribution >= 4 is 23.3 Å². The van der Waals surface area contributed by atoms with Crippen molar-refractivity contribution in [1.82, 2.24) is 20.1 Å². The van der Waals surface area contributed by atoms with Crippen molar-refractivity contribution in [1.29, 1.82) is 0 Å². The molecule has 2 aromatic heterocycles. The highest BCUT2D eigenvalue weighted by molar-refractivity contribution is 5.94. The number of pyridine rings is 1. The van der Waals surface area contributed by atoms with Crippen molar-refractivity contribution < 1.29 is 14.3 Å². The van der Waals surface area contributed by atoms with Crippen molar-refractivity contribution in [2.75, 3.05) is 30.8 Å². The molecule has 3 N–H and O–H groups in total. The first kappa shape index (κ1) is 15.8. The van der Waals surface area contributed by atoms with E-state index in [1.807, 2.05) is 0 Å². The van der Waals surface area contributed by atoms with Crippen LogP contribution in [0.2, 0.25) is 0 Å². The summed E-state index contributed by atoms with van der Waals surface area (Å²) in [6.45, 7) is 0.871. The van der Waals surface area contributed by atoms with E-state index in [-0.39, 0.29) is 17.9 Å². The van der Waals surface area contributed by atoms with Crippen LogP contribution in [0.4, 0.5) is 16.2 Å². The highest BCUT2D eigenvalue weighted by atomic mass is 16.5. The lowest BCUT2D eigenvalue weighted by Gasteiger charge is -2.18. The molecular weight excluding hydrogens is 312 g/mol. The first-order valence-electron chi connectivity index (χ1n) is 7.52. The number of aromatic amines is 1. The van der Waals surface area contributed by atoms with Gasteiger partial charge in [0, 0.05) is 25.5 Å². The number of carbonyl (C=O) groups is 2. The van der Waals surface area contributed by atoms with Crippen molar-refractivity contribution in [3.05, 3.63) is 30.7 Å². The number of urea groups is 1. The van der Waals surface area contributed by atoms with E-state index >= 15 is 0 Å². The maximum absolute atomic E-state index is 12.4. The van der Waals surface area contributed by atoms with Crippen LogP contribution in [0, 0.1) is 5.92 Å². The number of rotatable bonds is 4. The first-order valence-corrected chi connectivity index (χ1v) is 7.52. The summed E-state index contributed by atoms with van der Waals surface area (Å²) in [5.41, 5.74) is 1.11. The quantitative estimate of drug-likeness (QED) is 0.782. The average molecular weight is 330 g/mol. The Morgan fingerprint density at radius 1 is 1.42 bits per heavy atom. The zero-order valence-corrected chi connectivity index (χ0v) is 13.2. The van der Waals surface area contributed by atoms with Crippen molar-refractivity contribution in [2.45, 2.75) is 6.42 Å². The number of nitrogens with zero attached hydrogens (tertiary/aromatic N) is 3. The monoisotopic (exact) mass is 330 g/mol. The molecule has 0 saturated carbocycles. The van der Waals surface area contributed by atoms with Gasteiger partial charge in [0.1, 0.15) is 5.69 Å². The molecule has 0 spiro atoms. The van der Waals surface area contributed by atoms with E-state index in [2.05, 4.69) is 25.8 Å². The van der Waals surface area contributed by atoms with Gasteiger partial charge in [-0.3, -0.25) is 9.89 Å². The molecule has 0 radical (unpaired) electrons. The van der Waals surface area contributed by atoms with Crippen LogP contribution in [0.5, 0.6) is 5.88 Å². The van der Waals surface area contributed by atoms with Gasteiger partial charge in [0.25, 0.3) is 0 Å². The normalized spacial score (nSPS) is 16.7. The van der Waals surface area contributed by atoms with E-state index < -0.39 is 0 Å². The van der Waals surface area contributed by atoms with E-state index in [0.29, 0.717) is 36.8 Å². The van der Waals surface area contributed by atoms with Gasteiger partial charge in [-0.2, -0.15) is 5.10 Å². The molecule has 1 saturated heterocycles. The largest absolute Gasteiger partial charge is 0.480 e. The molecule has 1 atom stereocenters. The Hall–Kier alpha value is -3.10. The molecule has 2 aromatic rings. The number of amides is 3. The molecule has 3 amide bonds. The van der Waals surface area contributed by atoms with E-state index in [1.165, 1.54) is 13.3 Å². The number of methoxy groups -OCH3 is 1. The Bertz CT molecular complexity index is 718. The zero-order valence-electron chi connectivity index (χ0n) is 13.2. The minimum absolute atomic E-state index is 0.120. The lowest BCUT2D eigenvalue weighted by molar-refractivity contribution is -0.119. The van der Waals surface area contributed by atoms with Crippen molar-refractivity contribution in [3.8, 4) is 5.88 Å². The Kier molecular flexibility index (Phi) is 4.59. The number of aromatic nitrogens is 3. The van der Waals surface area contributed by atoms with Crippen LogP contribution in [0.3, 0.4) is 0 Å². The second-order valence-electron chi connectivity index (χ2n) is 5.40. The minimum atomic E-state index is -0.278. The van der Waals surface area contributed by atoms with Crippen LogP contribution >= 0.6 is 0 Å². The molecule has 126 valence electrons. The van der Waals surface area contributed by atoms with Gasteiger partial charge in [-0.15, -0.1) is 0 Å². The van der Waals surface area contributed by atoms with E-state index in [0.717, 1.165) is 0 Å². The molecule has 3 heterocycles. The molecule has 0 bridgehead atoms. The van der Waals surface area contributed by atoms with Crippen LogP contribution < -0.4 is 15.4 Å². The number of anilines is 2. The summed E-state index contributed by atoms with van der Waals surface area (Å²) in [5.74, 6) is -0.0219. The predicted octanol–water partition coefficient (Wildman–Crippen LogP) is 1.31. The lowest BCUT2D eigenvalue weighted by Crippen LogP contribution is -2.34. The fourth-order valence-corrected chi connectivity index (χ4v) is 2.57. The SMILES string of the molecule is COc1ncccc1NC(=O)N1CC[C@@H](C(=O)Nc2cn[nH]c2)C1. The molecule has 9 heteroatoms. The minimum Gasteiger partial charge on any atom is -0.480 e. The molecule has 24 heavy (non-hydrogen) atoms. The number of H-pyrrole nitrogens is 1. The van der Waals surface area contributed by atoms with E-state index in [9.17, 15) is 9.59 Å². The summed E-state index contributed by atoms with van der Waals surface area (Å²) in [4.78, 5) is 30.2. The van der Waals surface area contributed by atoms with E-state index in [1.54, 1.807) is 29.4 Å². The number of likely N-dealkylation sites (tertiary alicyclic amines) is 1. The summed E-state index contributed by atoms with van der Waals surface area (Å²) in [5, 5.41) is 11.9. The Morgan fingerprint density at radius 2 is 2.29 bits per heavy atom. The molecule has 1 aliphatic heterocycles. The van der Waals surface area contributed by atoms with Crippen molar-refractivity contribution in [2.24, 2.45) is 5.92 Å². The lowest BCUT2D eigenvalue weighted by atomic mass is 10.1. The highest BCUT2D eigenvalue weighted by Gasteiger charge is 2.31. The van der Waals surface area contributed by atoms with Gasteiger partial charge in [0.05, 0.1) is 24.9 Å². The third kappa shape index (κ3) is 3.45. The maximum Gasteiger partial charge on any atom is 0.322 e. The topological polar surface area (TPSA) is 112 Å². The Labute approximate surface area is 138 Å². The molecule has 9 nitrogen and oxygen atoms in total. The number of nitrogens with one attached hydrogen (secondary N) is 3. The zero-order chi connectivity index (χ0) is 16.9. The average Bonchev–Trinajstić information content (AvgIpc) is 3.27. The fourth-order valence-electron chi connectivity index (χ4n) is 2.57. The number of hydrogen-bond acceptors (Lipinski definition) is 5. The molecule has 3 rings (SSSR count). The molecule has 0 unspecified atom stereocenters. The third-order valence-electron chi connectivity index (χ3n) is 3.82. The molecule has 1 fully saturated rings. The highest BCUT2D eigenvalue weighted by Crippen LogP contribution is 2.23. The predicted molar refractivity (Wildman–Crippen MR) is 86.7 cm³/mol. The van der Waals surface area contributed by atoms with Crippen LogP contribution in [-0.4, -0.2) is 52.2 Å². The second kappa shape index (κ2) is 6.99. The number of ether oxygens (including phenoxy) is 1. The van der Waals surface area contributed by atoms with Gasteiger partial charge in [-0.05, 0) is 18.6 Å². The molecule has 0 aliphatic carbocycles. The van der Waals surface area contributed by atoms with Crippen LogP contribution in [0.1, 0.15) is 6.42 Å². The standard InChI is InChI=1S/C15H18N6O3/c1-24-14-12(3-2-5-16-14)20-15(23)21-6-4-10(9-21)13(22)19-11-7-17-18-8-11/h2-3,5,7-8,10H,4,6,9H2,1H3,(H,17,18)(H,19,22)(H,20,23)/t10-/m1/s1. The van der Waals surface area contributed by atoms with E-state index in [4.69, 9.17) is 4.74 Å².